The van der Waals surface area contributed by atoms with Crippen LogP contribution in [0.5, 0.6) is 0 Å². The van der Waals surface area contributed by atoms with Gasteiger partial charge < -0.3 is 5.32 Å². The van der Waals surface area contributed by atoms with Crippen molar-refractivity contribution in [3.05, 3.63) is 18.0 Å². The molecule has 0 aliphatic heterocycles. The SMILES string of the molecule is O=C(NCCCn1cc(C(F)(F)F)cn1)C1(C(F)(F)F)CCCC1. The molecule has 1 fully saturated rings. The van der Waals surface area contributed by atoms with Gasteiger partial charge in [0.1, 0.15) is 5.41 Å². The molecule has 0 bridgehead atoms. The Morgan fingerprint density at radius 1 is 1.21 bits per heavy atom. The third-order valence-corrected chi connectivity index (χ3v) is 4.24. The molecule has 0 aromatic carbocycles. The van der Waals surface area contributed by atoms with Crippen molar-refractivity contribution in [2.24, 2.45) is 5.41 Å². The van der Waals surface area contributed by atoms with Gasteiger partial charge in [-0.15, -0.1) is 0 Å². The van der Waals surface area contributed by atoms with E-state index in [0.29, 0.717) is 19.0 Å². The highest BCUT2D eigenvalue weighted by atomic mass is 19.4. The topological polar surface area (TPSA) is 46.9 Å². The summed E-state index contributed by atoms with van der Waals surface area (Å²) in [6, 6.07) is 0. The van der Waals surface area contributed by atoms with Crippen LogP contribution in [0.3, 0.4) is 0 Å². The predicted octanol–water partition coefficient (Wildman–Crippen LogP) is 3.53. The molecule has 24 heavy (non-hydrogen) atoms. The first-order valence-corrected chi connectivity index (χ1v) is 7.51. The number of carbonyl (C=O) groups is 1. The summed E-state index contributed by atoms with van der Waals surface area (Å²) in [5, 5.41) is 5.79. The Kier molecular flexibility index (Phi) is 5.14. The van der Waals surface area contributed by atoms with Crippen LogP contribution in [0.15, 0.2) is 12.4 Å². The van der Waals surface area contributed by atoms with Gasteiger partial charge in [-0.05, 0) is 19.3 Å². The van der Waals surface area contributed by atoms with Crippen molar-refractivity contribution in [3.8, 4) is 0 Å². The number of nitrogens with zero attached hydrogens (tertiary/aromatic N) is 2. The van der Waals surface area contributed by atoms with Crippen LogP contribution in [0, 0.1) is 5.41 Å². The molecule has 0 saturated heterocycles. The van der Waals surface area contributed by atoms with Gasteiger partial charge >= 0.3 is 12.4 Å². The predicted molar refractivity (Wildman–Crippen MR) is 71.8 cm³/mol. The number of amides is 1. The average molecular weight is 357 g/mol. The Labute approximate surface area is 134 Å². The van der Waals surface area contributed by atoms with Crippen molar-refractivity contribution in [2.75, 3.05) is 6.54 Å². The molecule has 1 N–H and O–H groups in total. The van der Waals surface area contributed by atoms with Crippen molar-refractivity contribution in [1.29, 1.82) is 0 Å². The van der Waals surface area contributed by atoms with E-state index < -0.39 is 29.2 Å². The largest absolute Gasteiger partial charge is 0.419 e. The molecule has 0 spiro atoms. The zero-order valence-corrected chi connectivity index (χ0v) is 12.7. The molecule has 0 atom stereocenters. The van der Waals surface area contributed by atoms with Gasteiger partial charge in [0, 0.05) is 19.3 Å². The van der Waals surface area contributed by atoms with Crippen molar-refractivity contribution in [1.82, 2.24) is 15.1 Å². The third kappa shape index (κ3) is 3.84. The van der Waals surface area contributed by atoms with Gasteiger partial charge in [-0.2, -0.15) is 31.4 Å². The van der Waals surface area contributed by atoms with Crippen LogP contribution in [0.1, 0.15) is 37.7 Å². The lowest BCUT2D eigenvalue weighted by Crippen LogP contribution is -2.49. The fourth-order valence-electron chi connectivity index (χ4n) is 2.86. The zero-order chi connectivity index (χ0) is 18.0. The number of hydrogen-bond acceptors (Lipinski definition) is 2. The van der Waals surface area contributed by atoms with Gasteiger partial charge in [0.25, 0.3) is 0 Å². The van der Waals surface area contributed by atoms with Crippen LogP contribution in [-0.4, -0.2) is 28.4 Å². The Morgan fingerprint density at radius 3 is 2.33 bits per heavy atom. The van der Waals surface area contributed by atoms with E-state index in [4.69, 9.17) is 0 Å². The first kappa shape index (κ1) is 18.6. The number of hydrogen-bond donors (Lipinski definition) is 1. The lowest BCUT2D eigenvalue weighted by Gasteiger charge is -2.30. The summed E-state index contributed by atoms with van der Waals surface area (Å²) in [5.41, 5.74) is -3.23. The molecular formula is C14H17F6N3O. The molecule has 1 aromatic heterocycles. The van der Waals surface area contributed by atoms with Crippen molar-refractivity contribution in [3.63, 3.8) is 0 Å². The third-order valence-electron chi connectivity index (χ3n) is 4.24. The molecule has 0 unspecified atom stereocenters. The molecule has 10 heteroatoms. The molecule has 1 aromatic rings. The number of nitrogens with one attached hydrogen (secondary N) is 1. The quantitative estimate of drug-likeness (QED) is 0.647. The number of rotatable bonds is 5. The second-order valence-electron chi connectivity index (χ2n) is 5.89. The van der Waals surface area contributed by atoms with Gasteiger partial charge in [-0.3, -0.25) is 9.48 Å². The Balaban J connectivity index is 1.83. The van der Waals surface area contributed by atoms with E-state index in [1.54, 1.807) is 0 Å². The normalized spacial score (nSPS) is 17.9. The summed E-state index contributed by atoms with van der Waals surface area (Å²) in [6.07, 6.45) is -7.18. The van der Waals surface area contributed by atoms with Crippen LogP contribution >= 0.6 is 0 Å². The monoisotopic (exact) mass is 357 g/mol. The number of halogens is 6. The van der Waals surface area contributed by atoms with Gasteiger partial charge in [-0.25, -0.2) is 0 Å². The summed E-state index contributed by atoms with van der Waals surface area (Å²) in [7, 11) is 0. The second kappa shape index (κ2) is 6.64. The van der Waals surface area contributed by atoms with Crippen LogP contribution in [0.25, 0.3) is 0 Å². The zero-order valence-electron chi connectivity index (χ0n) is 12.7. The first-order chi connectivity index (χ1) is 11.1. The lowest BCUT2D eigenvalue weighted by atomic mass is 9.84. The second-order valence-corrected chi connectivity index (χ2v) is 5.89. The van der Waals surface area contributed by atoms with Crippen molar-refractivity contribution in [2.45, 2.75) is 51.0 Å². The molecule has 2 rings (SSSR count). The van der Waals surface area contributed by atoms with Gasteiger partial charge in [-0.1, -0.05) is 12.8 Å². The number of alkyl halides is 6. The van der Waals surface area contributed by atoms with E-state index in [-0.39, 0.29) is 32.4 Å². The van der Waals surface area contributed by atoms with E-state index in [9.17, 15) is 31.1 Å². The molecule has 1 heterocycles. The van der Waals surface area contributed by atoms with E-state index in [1.807, 2.05) is 0 Å². The number of carbonyl (C=O) groups excluding carboxylic acids is 1. The highest BCUT2D eigenvalue weighted by molar-refractivity contribution is 5.83. The van der Waals surface area contributed by atoms with Gasteiger partial charge in [0.05, 0.1) is 11.8 Å². The highest BCUT2D eigenvalue weighted by Crippen LogP contribution is 2.50. The van der Waals surface area contributed by atoms with Crippen molar-refractivity contribution >= 4 is 5.91 Å². The molecule has 1 saturated carbocycles. The minimum absolute atomic E-state index is 0.0577. The molecule has 1 aliphatic carbocycles. The minimum Gasteiger partial charge on any atom is -0.355 e. The minimum atomic E-state index is -4.60. The fourth-order valence-corrected chi connectivity index (χ4v) is 2.86. The van der Waals surface area contributed by atoms with E-state index in [0.717, 1.165) is 10.9 Å². The standard InChI is InChI=1S/C14H17F6N3O/c15-13(16,17)10-8-22-23(9-10)7-3-6-21-11(24)12(14(18,19)20)4-1-2-5-12/h8-9H,1-7H2,(H,21,24). The maximum atomic E-state index is 13.2. The molecule has 0 radical (unpaired) electrons. The summed E-state index contributed by atoms with van der Waals surface area (Å²) >= 11 is 0. The molecule has 1 aliphatic rings. The molecule has 136 valence electrons. The summed E-state index contributed by atoms with van der Waals surface area (Å²) in [6.45, 7) is 0.00719. The number of aromatic nitrogens is 2. The van der Waals surface area contributed by atoms with E-state index >= 15 is 0 Å². The Bertz CT molecular complexity index is 572. The van der Waals surface area contributed by atoms with Gasteiger partial charge in [0.15, 0.2) is 0 Å². The van der Waals surface area contributed by atoms with Gasteiger partial charge in [0.2, 0.25) is 5.91 Å². The highest BCUT2D eigenvalue weighted by Gasteiger charge is 2.60. The van der Waals surface area contributed by atoms with E-state index in [1.165, 1.54) is 0 Å². The first-order valence-electron chi connectivity index (χ1n) is 7.51. The van der Waals surface area contributed by atoms with Crippen LogP contribution in [0.4, 0.5) is 26.3 Å². The Hall–Kier alpha value is -1.74. The summed E-state index contributed by atoms with van der Waals surface area (Å²) in [4.78, 5) is 12.0. The lowest BCUT2D eigenvalue weighted by molar-refractivity contribution is -0.220. The van der Waals surface area contributed by atoms with Crippen LogP contribution < -0.4 is 5.32 Å². The van der Waals surface area contributed by atoms with Crippen molar-refractivity contribution < 1.29 is 31.1 Å². The maximum absolute atomic E-state index is 13.2. The summed E-state index contributed by atoms with van der Waals surface area (Å²) in [5.74, 6) is -1.05. The molecular weight excluding hydrogens is 340 g/mol. The average Bonchev–Trinajstić information content (AvgIpc) is 3.11. The maximum Gasteiger partial charge on any atom is 0.419 e. The Morgan fingerprint density at radius 2 is 1.83 bits per heavy atom. The molecule has 4 nitrogen and oxygen atoms in total. The smallest absolute Gasteiger partial charge is 0.355 e. The van der Waals surface area contributed by atoms with E-state index in [2.05, 4.69) is 10.4 Å². The van der Waals surface area contributed by atoms with Crippen LogP contribution in [-0.2, 0) is 17.5 Å². The van der Waals surface area contributed by atoms with Crippen LogP contribution in [0.2, 0.25) is 0 Å². The molecule has 1 amide bonds. The summed E-state index contributed by atoms with van der Waals surface area (Å²) < 4.78 is 77.8. The fraction of sp³-hybridized carbons (Fsp3) is 0.714. The number of aryl methyl sites for hydroxylation is 1.